The van der Waals surface area contributed by atoms with Gasteiger partial charge >= 0.3 is 5.97 Å². The van der Waals surface area contributed by atoms with E-state index in [0.29, 0.717) is 30.3 Å². The van der Waals surface area contributed by atoms with Gasteiger partial charge in [-0.15, -0.1) is 0 Å². The van der Waals surface area contributed by atoms with Crippen molar-refractivity contribution < 1.29 is 24.2 Å². The average molecular weight is 250 g/mol. The number of benzene rings is 1. The molecule has 1 aliphatic heterocycles. The Morgan fingerprint density at radius 3 is 2.39 bits per heavy atom. The third-order valence-corrected chi connectivity index (χ3v) is 2.91. The number of ether oxygens (including phenoxy) is 2. The normalized spacial score (nSPS) is 14.1. The van der Waals surface area contributed by atoms with Gasteiger partial charge in [-0.2, -0.15) is 0 Å². The van der Waals surface area contributed by atoms with Crippen LogP contribution < -0.4 is 9.47 Å². The van der Waals surface area contributed by atoms with Gasteiger partial charge in [-0.1, -0.05) is 0 Å². The molecule has 0 bridgehead atoms. The summed E-state index contributed by atoms with van der Waals surface area (Å²) in [5.41, 5.74) is -1.14. The Morgan fingerprint density at radius 1 is 1.17 bits per heavy atom. The lowest BCUT2D eigenvalue weighted by molar-refractivity contribution is -0.144. The Labute approximate surface area is 104 Å². The van der Waals surface area contributed by atoms with Crippen LogP contribution in [0.4, 0.5) is 0 Å². The molecule has 0 aliphatic carbocycles. The van der Waals surface area contributed by atoms with Gasteiger partial charge in [0.1, 0.15) is 18.6 Å². The first-order valence-corrected chi connectivity index (χ1v) is 5.61. The molecule has 0 fully saturated rings. The highest BCUT2D eigenvalue weighted by molar-refractivity contribution is 6.11. The van der Waals surface area contributed by atoms with E-state index in [1.807, 2.05) is 0 Å². The van der Waals surface area contributed by atoms with Crippen molar-refractivity contribution in [3.05, 3.63) is 23.8 Å². The van der Waals surface area contributed by atoms with E-state index in [9.17, 15) is 9.59 Å². The number of carboxylic acid groups (broad SMARTS) is 1. The van der Waals surface area contributed by atoms with E-state index in [1.165, 1.54) is 19.9 Å². The van der Waals surface area contributed by atoms with Crippen molar-refractivity contribution in [1.29, 1.82) is 0 Å². The van der Waals surface area contributed by atoms with Gasteiger partial charge in [0.2, 0.25) is 0 Å². The summed E-state index contributed by atoms with van der Waals surface area (Å²) in [6.07, 6.45) is 0. The van der Waals surface area contributed by atoms with Gasteiger partial charge in [0.25, 0.3) is 0 Å². The number of hydrogen-bond acceptors (Lipinski definition) is 4. The molecular formula is C13H14O5. The Hall–Kier alpha value is -2.04. The largest absolute Gasteiger partial charge is 0.486 e. The van der Waals surface area contributed by atoms with Crippen LogP contribution in [-0.2, 0) is 4.79 Å². The van der Waals surface area contributed by atoms with Crippen LogP contribution in [0.25, 0.3) is 0 Å². The molecule has 96 valence electrons. The van der Waals surface area contributed by atoms with Crippen LogP contribution in [0.2, 0.25) is 0 Å². The van der Waals surface area contributed by atoms with Crippen molar-refractivity contribution >= 4 is 11.8 Å². The molecule has 2 rings (SSSR count). The van der Waals surface area contributed by atoms with Crippen molar-refractivity contribution in [3.8, 4) is 11.5 Å². The fourth-order valence-corrected chi connectivity index (χ4v) is 1.64. The summed E-state index contributed by atoms with van der Waals surface area (Å²) in [6.45, 7) is 3.66. The van der Waals surface area contributed by atoms with Gasteiger partial charge in [0.05, 0.1) is 0 Å². The van der Waals surface area contributed by atoms with Crippen molar-refractivity contribution in [2.75, 3.05) is 13.2 Å². The standard InChI is InChI=1S/C13H14O5/c1-13(2,12(15)16)11(14)8-3-4-9-10(7-8)18-6-5-17-9/h3-4,7H,5-6H2,1-2H3,(H,15,16). The van der Waals surface area contributed by atoms with Crippen molar-refractivity contribution in [3.63, 3.8) is 0 Å². The quantitative estimate of drug-likeness (QED) is 0.653. The fraction of sp³-hybridized carbons (Fsp3) is 0.385. The second-order valence-electron chi connectivity index (χ2n) is 4.62. The maximum atomic E-state index is 12.1. The van der Waals surface area contributed by atoms with E-state index in [0.717, 1.165) is 0 Å². The molecule has 1 N–H and O–H groups in total. The summed E-state index contributed by atoms with van der Waals surface area (Å²) in [5, 5.41) is 9.03. The van der Waals surface area contributed by atoms with Crippen molar-refractivity contribution in [1.82, 2.24) is 0 Å². The summed E-state index contributed by atoms with van der Waals surface area (Å²) in [6, 6.07) is 4.71. The number of carbonyl (C=O) groups excluding carboxylic acids is 1. The monoisotopic (exact) mass is 250 g/mol. The zero-order valence-corrected chi connectivity index (χ0v) is 10.2. The number of carbonyl (C=O) groups is 2. The summed E-state index contributed by atoms with van der Waals surface area (Å²) in [7, 11) is 0. The maximum absolute atomic E-state index is 12.1. The first kappa shape index (κ1) is 12.4. The summed E-state index contributed by atoms with van der Waals surface area (Å²) < 4.78 is 10.7. The molecule has 0 atom stereocenters. The molecule has 0 unspecified atom stereocenters. The van der Waals surface area contributed by atoms with Gasteiger partial charge in [-0.25, -0.2) is 0 Å². The van der Waals surface area contributed by atoms with E-state index < -0.39 is 17.2 Å². The zero-order valence-electron chi connectivity index (χ0n) is 10.2. The fourth-order valence-electron chi connectivity index (χ4n) is 1.64. The summed E-state index contributed by atoms with van der Waals surface area (Å²) >= 11 is 0. The zero-order chi connectivity index (χ0) is 13.3. The van der Waals surface area contributed by atoms with E-state index in [4.69, 9.17) is 14.6 Å². The van der Waals surface area contributed by atoms with Crippen molar-refractivity contribution in [2.45, 2.75) is 13.8 Å². The van der Waals surface area contributed by atoms with Gasteiger partial charge in [-0.3, -0.25) is 9.59 Å². The highest BCUT2D eigenvalue weighted by Crippen LogP contribution is 2.33. The molecule has 1 heterocycles. The SMILES string of the molecule is CC(C)(C(=O)O)C(=O)c1ccc2c(c1)OCCO2. The minimum absolute atomic E-state index is 0.312. The van der Waals surface area contributed by atoms with Crippen LogP contribution in [0.5, 0.6) is 11.5 Å². The number of fused-ring (bicyclic) bond motifs is 1. The average Bonchev–Trinajstić information content (AvgIpc) is 2.37. The van der Waals surface area contributed by atoms with Crippen LogP contribution in [0.3, 0.4) is 0 Å². The van der Waals surface area contributed by atoms with Gasteiger partial charge in [0, 0.05) is 5.56 Å². The maximum Gasteiger partial charge on any atom is 0.316 e. The third kappa shape index (κ3) is 2.03. The molecular weight excluding hydrogens is 236 g/mol. The van der Waals surface area contributed by atoms with Crippen LogP contribution in [-0.4, -0.2) is 30.1 Å². The van der Waals surface area contributed by atoms with Crippen LogP contribution in [0.1, 0.15) is 24.2 Å². The minimum atomic E-state index is -1.45. The van der Waals surface area contributed by atoms with Gasteiger partial charge in [-0.05, 0) is 32.0 Å². The molecule has 0 amide bonds. The number of carboxylic acids is 1. The molecule has 0 aromatic heterocycles. The number of ketones is 1. The topological polar surface area (TPSA) is 72.8 Å². The Morgan fingerprint density at radius 2 is 1.78 bits per heavy atom. The van der Waals surface area contributed by atoms with Gasteiger partial charge in [0.15, 0.2) is 17.3 Å². The highest BCUT2D eigenvalue weighted by atomic mass is 16.6. The van der Waals surface area contributed by atoms with Crippen LogP contribution in [0, 0.1) is 5.41 Å². The van der Waals surface area contributed by atoms with Crippen LogP contribution in [0.15, 0.2) is 18.2 Å². The molecule has 1 aromatic carbocycles. The Balaban J connectivity index is 2.35. The number of Topliss-reactive ketones (excluding diaryl/α,β-unsaturated/α-hetero) is 1. The summed E-state index contributed by atoms with van der Waals surface area (Å²) in [5.74, 6) is -0.548. The molecule has 1 aliphatic rings. The van der Waals surface area contributed by atoms with E-state index in [1.54, 1.807) is 12.1 Å². The van der Waals surface area contributed by atoms with E-state index in [2.05, 4.69) is 0 Å². The summed E-state index contributed by atoms with van der Waals surface area (Å²) in [4.78, 5) is 23.2. The lowest BCUT2D eigenvalue weighted by Crippen LogP contribution is -2.33. The number of rotatable bonds is 3. The van der Waals surface area contributed by atoms with Crippen LogP contribution >= 0.6 is 0 Å². The molecule has 0 radical (unpaired) electrons. The predicted molar refractivity (Wildman–Crippen MR) is 63.2 cm³/mol. The lowest BCUT2D eigenvalue weighted by atomic mass is 9.84. The first-order chi connectivity index (χ1) is 8.43. The molecule has 5 nitrogen and oxygen atoms in total. The molecule has 0 saturated heterocycles. The number of aliphatic carboxylic acids is 1. The lowest BCUT2D eigenvalue weighted by Gasteiger charge is -2.21. The second kappa shape index (κ2) is 4.33. The van der Waals surface area contributed by atoms with E-state index in [-0.39, 0.29) is 0 Å². The van der Waals surface area contributed by atoms with Crippen molar-refractivity contribution in [2.24, 2.45) is 5.41 Å². The minimum Gasteiger partial charge on any atom is -0.486 e. The highest BCUT2D eigenvalue weighted by Gasteiger charge is 2.37. The first-order valence-electron chi connectivity index (χ1n) is 5.61. The Kier molecular flexibility index (Phi) is 2.98. The second-order valence-corrected chi connectivity index (χ2v) is 4.62. The number of hydrogen-bond donors (Lipinski definition) is 1. The molecule has 1 aromatic rings. The smallest absolute Gasteiger partial charge is 0.316 e. The molecule has 18 heavy (non-hydrogen) atoms. The van der Waals surface area contributed by atoms with E-state index >= 15 is 0 Å². The Bertz CT molecular complexity index is 504. The molecule has 0 saturated carbocycles. The van der Waals surface area contributed by atoms with Gasteiger partial charge < -0.3 is 14.6 Å². The molecule has 0 spiro atoms. The predicted octanol–water partition coefficient (Wildman–Crippen LogP) is 1.75. The molecule has 5 heteroatoms. The third-order valence-electron chi connectivity index (χ3n) is 2.91.